The summed E-state index contributed by atoms with van der Waals surface area (Å²) in [5, 5.41) is 40.5. The predicted octanol–water partition coefficient (Wildman–Crippen LogP) is -0.885. The van der Waals surface area contributed by atoms with Gasteiger partial charge in [-0.25, -0.2) is 0 Å². The summed E-state index contributed by atoms with van der Waals surface area (Å²) in [7, 11) is 0. The highest BCUT2D eigenvalue weighted by molar-refractivity contribution is 5.84. The van der Waals surface area contributed by atoms with E-state index in [0.717, 1.165) is 16.5 Å². The lowest BCUT2D eigenvalue weighted by Gasteiger charge is -2.40. The number of aromatic nitrogens is 1. The van der Waals surface area contributed by atoms with Crippen LogP contribution in [-0.4, -0.2) is 62.6 Å². The van der Waals surface area contributed by atoms with Crippen molar-refractivity contribution in [2.45, 2.75) is 37.1 Å². The minimum Gasteiger partial charge on any atom is -0.394 e. The van der Waals surface area contributed by atoms with Gasteiger partial charge in [0, 0.05) is 11.6 Å². The Balaban J connectivity index is 2.05. The molecule has 5 unspecified atom stereocenters. The number of aliphatic hydroxyl groups is 4. The van der Waals surface area contributed by atoms with Gasteiger partial charge in [0.05, 0.1) is 12.1 Å². The molecule has 3 rings (SSSR count). The second-order valence-electron chi connectivity index (χ2n) is 5.84. The van der Waals surface area contributed by atoms with Crippen LogP contribution in [0.1, 0.15) is 11.8 Å². The topological polar surface area (TPSA) is 121 Å². The Labute approximate surface area is 133 Å². The first-order valence-electron chi connectivity index (χ1n) is 7.67. The number of hydrogen-bond acceptors (Lipinski definition) is 6. The Bertz CT molecular complexity index is 672. The van der Waals surface area contributed by atoms with E-state index in [1.54, 1.807) is 4.57 Å². The number of rotatable bonds is 4. The molecule has 1 aromatic carbocycles. The lowest BCUT2D eigenvalue weighted by atomic mass is 9.98. The van der Waals surface area contributed by atoms with Gasteiger partial charge in [-0.2, -0.15) is 0 Å². The van der Waals surface area contributed by atoms with Crippen LogP contribution in [0.4, 0.5) is 0 Å². The van der Waals surface area contributed by atoms with Gasteiger partial charge in [-0.1, -0.05) is 18.2 Å². The normalized spacial score (nSPS) is 31.6. The van der Waals surface area contributed by atoms with E-state index < -0.39 is 37.3 Å². The molecule has 1 aromatic heterocycles. The number of nitrogens with two attached hydrogens (primary N) is 1. The SMILES string of the molecule is NCCc1cn(C2OC(CO)C(O)C(O)C2O)c2ccccc12. The monoisotopic (exact) mass is 322 g/mol. The molecule has 6 N–H and O–H groups in total. The maximum absolute atomic E-state index is 10.3. The molecule has 1 aliphatic heterocycles. The first-order chi connectivity index (χ1) is 11.1. The summed E-state index contributed by atoms with van der Waals surface area (Å²) in [6.07, 6.45) is -3.40. The molecule has 0 bridgehead atoms. The predicted molar refractivity (Wildman–Crippen MR) is 83.7 cm³/mol. The van der Waals surface area contributed by atoms with Crippen molar-refractivity contribution in [1.29, 1.82) is 0 Å². The Morgan fingerprint density at radius 3 is 2.52 bits per heavy atom. The van der Waals surface area contributed by atoms with Crippen molar-refractivity contribution in [1.82, 2.24) is 4.57 Å². The third-order valence-corrected chi connectivity index (χ3v) is 4.38. The van der Waals surface area contributed by atoms with Crippen LogP contribution in [0.15, 0.2) is 30.5 Å². The second kappa shape index (κ2) is 6.56. The lowest BCUT2D eigenvalue weighted by molar-refractivity contribution is -0.250. The molecular formula is C16H22N2O5. The summed E-state index contributed by atoms with van der Waals surface area (Å²) in [5.41, 5.74) is 7.50. The Morgan fingerprint density at radius 2 is 1.83 bits per heavy atom. The molecule has 0 aliphatic carbocycles. The molecule has 1 aliphatic rings. The average Bonchev–Trinajstić information content (AvgIpc) is 2.92. The first kappa shape index (κ1) is 16.4. The molecule has 0 radical (unpaired) electrons. The number of ether oxygens (including phenoxy) is 1. The van der Waals surface area contributed by atoms with Crippen molar-refractivity contribution >= 4 is 10.9 Å². The van der Waals surface area contributed by atoms with Crippen LogP contribution in [0.3, 0.4) is 0 Å². The lowest BCUT2D eigenvalue weighted by Crippen LogP contribution is -2.56. The van der Waals surface area contributed by atoms with Gasteiger partial charge in [-0.3, -0.25) is 0 Å². The van der Waals surface area contributed by atoms with Gasteiger partial charge in [0.25, 0.3) is 0 Å². The zero-order valence-electron chi connectivity index (χ0n) is 12.6. The van der Waals surface area contributed by atoms with E-state index in [0.29, 0.717) is 13.0 Å². The van der Waals surface area contributed by atoms with Crippen molar-refractivity contribution < 1.29 is 25.2 Å². The Hall–Kier alpha value is -1.48. The highest BCUT2D eigenvalue weighted by Gasteiger charge is 2.44. The molecule has 0 amide bonds. The van der Waals surface area contributed by atoms with Crippen molar-refractivity contribution in [3.8, 4) is 0 Å². The van der Waals surface area contributed by atoms with Gasteiger partial charge in [0.15, 0.2) is 6.23 Å². The van der Waals surface area contributed by atoms with Crippen LogP contribution in [0.2, 0.25) is 0 Å². The summed E-state index contributed by atoms with van der Waals surface area (Å²) < 4.78 is 7.36. The van der Waals surface area contributed by atoms with Crippen LogP contribution in [0.5, 0.6) is 0 Å². The molecule has 7 heteroatoms. The van der Waals surface area contributed by atoms with Gasteiger partial charge in [0.1, 0.15) is 24.4 Å². The zero-order valence-corrected chi connectivity index (χ0v) is 12.6. The minimum atomic E-state index is -1.40. The number of aliphatic hydroxyl groups excluding tert-OH is 4. The third kappa shape index (κ3) is 2.76. The smallest absolute Gasteiger partial charge is 0.163 e. The minimum absolute atomic E-state index is 0.448. The Morgan fingerprint density at radius 1 is 1.09 bits per heavy atom. The van der Waals surface area contributed by atoms with Crippen molar-refractivity contribution in [2.75, 3.05) is 13.2 Å². The van der Waals surface area contributed by atoms with E-state index in [9.17, 15) is 20.4 Å². The van der Waals surface area contributed by atoms with Gasteiger partial charge in [-0.05, 0) is 24.6 Å². The molecule has 1 saturated heterocycles. The number of nitrogens with zero attached hydrogens (tertiary/aromatic N) is 1. The van der Waals surface area contributed by atoms with Crippen LogP contribution < -0.4 is 5.73 Å². The highest BCUT2D eigenvalue weighted by Crippen LogP contribution is 2.33. The summed E-state index contributed by atoms with van der Waals surface area (Å²) in [6, 6.07) is 7.63. The second-order valence-corrected chi connectivity index (χ2v) is 5.84. The average molecular weight is 322 g/mol. The summed E-state index contributed by atoms with van der Waals surface area (Å²) in [5.74, 6) is 0. The molecule has 126 valence electrons. The van der Waals surface area contributed by atoms with Crippen LogP contribution >= 0.6 is 0 Å². The van der Waals surface area contributed by atoms with E-state index in [1.165, 1.54) is 0 Å². The molecule has 0 saturated carbocycles. The fourth-order valence-corrected chi connectivity index (χ4v) is 3.15. The van der Waals surface area contributed by atoms with E-state index >= 15 is 0 Å². The molecule has 2 aromatic rings. The number of benzene rings is 1. The number of hydrogen-bond donors (Lipinski definition) is 5. The summed E-state index contributed by atoms with van der Waals surface area (Å²) >= 11 is 0. The van der Waals surface area contributed by atoms with Gasteiger partial charge >= 0.3 is 0 Å². The fourth-order valence-electron chi connectivity index (χ4n) is 3.15. The van der Waals surface area contributed by atoms with E-state index in [1.807, 2.05) is 30.5 Å². The van der Waals surface area contributed by atoms with Crippen LogP contribution in [0.25, 0.3) is 10.9 Å². The maximum atomic E-state index is 10.3. The van der Waals surface area contributed by atoms with Crippen molar-refractivity contribution in [3.63, 3.8) is 0 Å². The summed E-state index contributed by atoms with van der Waals surface area (Å²) in [4.78, 5) is 0. The van der Waals surface area contributed by atoms with E-state index in [4.69, 9.17) is 10.5 Å². The van der Waals surface area contributed by atoms with E-state index in [-0.39, 0.29) is 0 Å². The molecule has 23 heavy (non-hydrogen) atoms. The van der Waals surface area contributed by atoms with Gasteiger partial charge in [-0.15, -0.1) is 0 Å². The van der Waals surface area contributed by atoms with Gasteiger partial charge < -0.3 is 35.5 Å². The van der Waals surface area contributed by atoms with Crippen molar-refractivity contribution in [2.24, 2.45) is 5.73 Å². The fraction of sp³-hybridized carbons (Fsp3) is 0.500. The van der Waals surface area contributed by atoms with Crippen molar-refractivity contribution in [3.05, 3.63) is 36.0 Å². The van der Waals surface area contributed by atoms with E-state index in [2.05, 4.69) is 0 Å². The first-order valence-corrected chi connectivity index (χ1v) is 7.67. The van der Waals surface area contributed by atoms with Gasteiger partial charge in [0.2, 0.25) is 0 Å². The molecule has 0 spiro atoms. The zero-order chi connectivity index (χ0) is 16.6. The third-order valence-electron chi connectivity index (χ3n) is 4.38. The quantitative estimate of drug-likeness (QED) is 0.498. The molecule has 1 fully saturated rings. The summed E-state index contributed by atoms with van der Waals surface area (Å²) in [6.45, 7) is 0.0407. The van der Waals surface area contributed by atoms with Crippen LogP contribution in [0, 0.1) is 0 Å². The standard InChI is InChI=1S/C16H22N2O5/c17-6-5-9-7-18(11-4-2-1-3-10(9)11)16-15(22)14(21)13(20)12(8-19)23-16/h1-4,7,12-16,19-22H,5-6,8,17H2. The van der Waals surface area contributed by atoms with Crippen LogP contribution in [-0.2, 0) is 11.2 Å². The maximum Gasteiger partial charge on any atom is 0.163 e. The molecule has 2 heterocycles. The molecule has 7 nitrogen and oxygen atoms in total. The molecule has 5 atom stereocenters. The number of para-hydroxylation sites is 1. The molecular weight excluding hydrogens is 300 g/mol. The largest absolute Gasteiger partial charge is 0.394 e. The number of fused-ring (bicyclic) bond motifs is 1. The Kier molecular flexibility index (Phi) is 4.67. The highest BCUT2D eigenvalue weighted by atomic mass is 16.6.